The molecule has 0 heterocycles. The summed E-state index contributed by atoms with van der Waals surface area (Å²) in [6, 6.07) is 9.07. The Morgan fingerprint density at radius 2 is 1.34 bits per heavy atom. The summed E-state index contributed by atoms with van der Waals surface area (Å²) in [5.41, 5.74) is 25.5. The molecule has 58 heavy (non-hydrogen) atoms. The average molecular weight is 813 g/mol. The number of aliphatic hydroxyl groups excluding tert-OH is 1. The van der Waals surface area contributed by atoms with Crippen LogP contribution in [0.5, 0.6) is 0 Å². The van der Waals surface area contributed by atoms with Crippen molar-refractivity contribution in [2.45, 2.75) is 102 Å². The number of aliphatic hydroxyl groups is 1. The lowest BCUT2D eigenvalue weighted by Crippen LogP contribution is -2.63. The van der Waals surface area contributed by atoms with E-state index in [9.17, 15) is 38.7 Å². The lowest BCUT2D eigenvalue weighted by atomic mass is 9.86. The Morgan fingerprint density at radius 1 is 0.741 bits per heavy atom. The molecule has 0 aliphatic carbocycles. The SMILES string of the molecule is CCCCc1ccc(-c2ccc(C(=O)NCCC(=O)N[C@@H](CCCCN)C(=O)N[C@H](C(=O)N[C@@H](N)C(=O)N[C@@H](CC(N)=O)C(=O)N[C@@H](N)B(O)O)[C@@H](C)O)cc2)cc1. The van der Waals surface area contributed by atoms with Crippen molar-refractivity contribution in [2.75, 3.05) is 13.1 Å². The minimum atomic E-state index is -2.18. The lowest BCUT2D eigenvalue weighted by Gasteiger charge is -2.26. The van der Waals surface area contributed by atoms with Crippen molar-refractivity contribution in [1.29, 1.82) is 0 Å². The molecule has 2 aromatic carbocycles. The molecule has 0 fully saturated rings. The number of rotatable bonds is 25. The van der Waals surface area contributed by atoms with Crippen LogP contribution in [0.25, 0.3) is 11.1 Å². The van der Waals surface area contributed by atoms with E-state index in [0.29, 0.717) is 24.9 Å². The van der Waals surface area contributed by atoms with Gasteiger partial charge in [0.05, 0.1) is 12.5 Å². The molecule has 0 unspecified atom stereocenters. The third-order valence-corrected chi connectivity index (χ3v) is 8.80. The minimum Gasteiger partial charge on any atom is -0.425 e. The lowest BCUT2D eigenvalue weighted by molar-refractivity contribution is -0.136. The zero-order chi connectivity index (χ0) is 43.4. The molecule has 0 radical (unpaired) electrons. The smallest absolute Gasteiger partial charge is 0.425 e. The summed E-state index contributed by atoms with van der Waals surface area (Å²) in [7, 11) is -2.18. The summed E-state index contributed by atoms with van der Waals surface area (Å²) in [5.74, 6) is -6.35. The van der Waals surface area contributed by atoms with Crippen LogP contribution in [0.3, 0.4) is 0 Å². The third kappa shape index (κ3) is 17.0. The first-order valence-electron chi connectivity index (χ1n) is 19.0. The van der Waals surface area contributed by atoms with E-state index < -0.39 is 91.3 Å². The van der Waals surface area contributed by atoms with Gasteiger partial charge in [0.15, 0.2) is 6.17 Å². The number of carbonyl (C=O) groups excluding carboxylic acids is 7. The highest BCUT2D eigenvalue weighted by atomic mass is 16.4. The molecule has 0 aromatic heterocycles. The highest BCUT2D eigenvalue weighted by molar-refractivity contribution is 6.43. The Hall–Kier alpha value is -5.45. The van der Waals surface area contributed by atoms with Crippen LogP contribution in [0, 0.1) is 0 Å². The number of unbranched alkanes of at least 4 members (excludes halogenated alkanes) is 2. The fourth-order valence-corrected chi connectivity index (χ4v) is 5.46. The van der Waals surface area contributed by atoms with Crippen LogP contribution in [-0.2, 0) is 35.2 Å². The summed E-state index contributed by atoms with van der Waals surface area (Å²) < 4.78 is 0. The van der Waals surface area contributed by atoms with Gasteiger partial charge in [-0.25, -0.2) is 0 Å². The van der Waals surface area contributed by atoms with E-state index >= 15 is 0 Å². The Kier molecular flexibility index (Phi) is 21.0. The number of benzene rings is 2. The summed E-state index contributed by atoms with van der Waals surface area (Å²) in [6.07, 6.45) is -0.116. The maximum absolute atomic E-state index is 13.4. The van der Waals surface area contributed by atoms with Gasteiger partial charge in [0.2, 0.25) is 29.5 Å². The van der Waals surface area contributed by atoms with Crippen LogP contribution < -0.4 is 54.8 Å². The average Bonchev–Trinajstić information content (AvgIpc) is 3.18. The fourth-order valence-electron chi connectivity index (χ4n) is 5.46. The topological polar surface area (TPSA) is 356 Å². The molecule has 0 saturated heterocycles. The molecule has 2 rings (SSSR count). The molecular weight excluding hydrogens is 755 g/mol. The number of hydrogen-bond acceptors (Lipinski definition) is 13. The molecule has 6 atom stereocenters. The normalized spacial score (nSPS) is 14.0. The first-order chi connectivity index (χ1) is 27.5. The second-order valence-electron chi connectivity index (χ2n) is 13.7. The Balaban J connectivity index is 1.99. The van der Waals surface area contributed by atoms with E-state index in [4.69, 9.17) is 33.0 Å². The quantitative estimate of drug-likeness (QED) is 0.0263. The van der Waals surface area contributed by atoms with Crippen LogP contribution >= 0.6 is 0 Å². The third-order valence-electron chi connectivity index (χ3n) is 8.80. The van der Waals surface area contributed by atoms with Crippen molar-refractivity contribution in [2.24, 2.45) is 22.9 Å². The predicted octanol–water partition coefficient (Wildman–Crippen LogP) is -3.53. The van der Waals surface area contributed by atoms with Crippen LogP contribution in [-0.4, -0.2) is 113 Å². The van der Waals surface area contributed by atoms with Gasteiger partial charge in [-0.3, -0.25) is 33.6 Å². The van der Waals surface area contributed by atoms with Gasteiger partial charge in [0.1, 0.15) is 24.2 Å². The molecule has 21 heteroatoms. The van der Waals surface area contributed by atoms with Crippen molar-refractivity contribution < 1.29 is 48.7 Å². The molecule has 0 aliphatic rings. The van der Waals surface area contributed by atoms with Gasteiger partial charge in [0, 0.05) is 18.5 Å². The van der Waals surface area contributed by atoms with Gasteiger partial charge < -0.3 is 70.0 Å². The maximum Gasteiger partial charge on any atom is 0.490 e. The van der Waals surface area contributed by atoms with Crippen LogP contribution in [0.2, 0.25) is 0 Å². The number of nitrogens with two attached hydrogens (primary N) is 4. The van der Waals surface area contributed by atoms with E-state index in [1.165, 1.54) is 12.5 Å². The standard InChI is InChI=1S/C37H57BN10O10/c1-3-4-7-22-9-11-23(12-10-22)24-13-15-25(16-14-24)32(52)43-19-17-29(51)44-26(8-5-6-18-39)33(53)46-30(21(2)49)35(55)47-31(41)36(56)45-27(20-28(40)50)34(54)48-37(42)38(57)58/h9-16,21,26-27,30-31,37,49,57-58H,3-8,17-20,39,41-42H2,1-2H3,(H2,40,50)(H,43,52)(H,44,51)(H,45,56)(H,46,53)(H,47,55)(H,48,54)/t21-,26+,27+,30+,31-,37-/m1/s1. The molecule has 2 aromatic rings. The second kappa shape index (κ2) is 25.0. The Morgan fingerprint density at radius 3 is 1.90 bits per heavy atom. The van der Waals surface area contributed by atoms with Crippen LogP contribution in [0.15, 0.2) is 48.5 Å². The Bertz CT molecular complexity index is 1680. The highest BCUT2D eigenvalue weighted by Gasteiger charge is 2.33. The zero-order valence-corrected chi connectivity index (χ0v) is 32.7. The van der Waals surface area contributed by atoms with E-state index in [1.807, 2.05) is 29.6 Å². The van der Waals surface area contributed by atoms with E-state index in [2.05, 4.69) is 45.6 Å². The molecular formula is C37H57BN10O10. The molecule has 318 valence electrons. The van der Waals surface area contributed by atoms with Gasteiger partial charge in [-0.05, 0) is 74.4 Å². The monoisotopic (exact) mass is 812 g/mol. The summed E-state index contributed by atoms with van der Waals surface area (Å²) in [6.45, 7) is 3.57. The highest BCUT2D eigenvalue weighted by Crippen LogP contribution is 2.21. The molecule has 0 bridgehead atoms. The van der Waals surface area contributed by atoms with E-state index in [-0.39, 0.29) is 19.4 Å². The number of nitrogens with one attached hydrogen (secondary N) is 6. The van der Waals surface area contributed by atoms with Crippen LogP contribution in [0.4, 0.5) is 0 Å². The van der Waals surface area contributed by atoms with Gasteiger partial charge in [-0.1, -0.05) is 49.7 Å². The van der Waals surface area contributed by atoms with Crippen molar-refractivity contribution in [1.82, 2.24) is 31.9 Å². The molecule has 17 N–H and O–H groups in total. The van der Waals surface area contributed by atoms with Crippen molar-refractivity contribution in [3.05, 3.63) is 59.7 Å². The summed E-state index contributed by atoms with van der Waals surface area (Å²) in [4.78, 5) is 88.9. The maximum atomic E-state index is 13.4. The molecule has 7 amide bonds. The van der Waals surface area contributed by atoms with Crippen LogP contribution in [0.1, 0.15) is 74.7 Å². The van der Waals surface area contributed by atoms with Crippen molar-refractivity contribution in [3.63, 3.8) is 0 Å². The second-order valence-corrected chi connectivity index (χ2v) is 13.7. The van der Waals surface area contributed by atoms with Crippen molar-refractivity contribution >= 4 is 48.5 Å². The summed E-state index contributed by atoms with van der Waals surface area (Å²) in [5, 5.41) is 42.3. The van der Waals surface area contributed by atoms with Crippen molar-refractivity contribution in [3.8, 4) is 11.1 Å². The summed E-state index contributed by atoms with van der Waals surface area (Å²) >= 11 is 0. The predicted molar refractivity (Wildman–Crippen MR) is 214 cm³/mol. The number of amides is 7. The van der Waals surface area contributed by atoms with E-state index in [0.717, 1.165) is 30.4 Å². The van der Waals surface area contributed by atoms with Gasteiger partial charge in [0.25, 0.3) is 11.8 Å². The number of aryl methyl sites for hydroxylation is 1. The molecule has 0 aliphatic heterocycles. The molecule has 0 saturated carbocycles. The minimum absolute atomic E-state index is 0.0560. The first kappa shape index (κ1) is 48.7. The fraction of sp³-hybridized carbons (Fsp3) is 0.486. The van der Waals surface area contributed by atoms with E-state index in [1.54, 1.807) is 12.1 Å². The van der Waals surface area contributed by atoms with Gasteiger partial charge in [-0.15, -0.1) is 0 Å². The molecule has 20 nitrogen and oxygen atoms in total. The van der Waals surface area contributed by atoms with Gasteiger partial charge >= 0.3 is 7.12 Å². The molecule has 0 spiro atoms. The number of carbonyl (C=O) groups is 7. The Labute approximate surface area is 337 Å². The largest absolute Gasteiger partial charge is 0.490 e. The number of hydrogen-bond donors (Lipinski definition) is 13. The first-order valence-corrected chi connectivity index (χ1v) is 19.0. The zero-order valence-electron chi connectivity index (χ0n) is 32.7. The number of primary amides is 1. The van der Waals surface area contributed by atoms with Gasteiger partial charge in [-0.2, -0.15) is 0 Å².